The minimum Gasteiger partial charge on any atom is -0.490 e. The van der Waals surface area contributed by atoms with Crippen LogP contribution in [0.1, 0.15) is 31.5 Å². The zero-order valence-electron chi connectivity index (χ0n) is 21.0. The SMILES string of the molecule is CC(Nc1c(-c2nc3ccc(OC4CCN(C)CC4)cc3[nH]2)c(=O)[nH]c2ccccc12)c1ccccn1. The summed E-state index contributed by atoms with van der Waals surface area (Å²) in [6.07, 6.45) is 4.01. The predicted molar refractivity (Wildman–Crippen MR) is 147 cm³/mol. The number of imidazole rings is 1. The molecule has 188 valence electrons. The third-order valence-electron chi connectivity index (χ3n) is 7.07. The monoisotopic (exact) mass is 494 g/mol. The molecule has 5 aromatic rings. The fraction of sp³-hybridized carbons (Fsp3) is 0.276. The Balaban J connectivity index is 1.40. The van der Waals surface area contributed by atoms with Gasteiger partial charge in [0.05, 0.1) is 34.0 Å². The van der Waals surface area contributed by atoms with E-state index in [-0.39, 0.29) is 17.7 Å². The maximum atomic E-state index is 13.4. The second-order valence-electron chi connectivity index (χ2n) is 9.76. The molecule has 0 bridgehead atoms. The Morgan fingerprint density at radius 1 is 1.03 bits per heavy atom. The summed E-state index contributed by atoms with van der Waals surface area (Å²) in [5, 5.41) is 4.46. The molecular formula is C29H30N6O2. The number of benzene rings is 2. The van der Waals surface area contributed by atoms with E-state index in [1.807, 2.05) is 67.6 Å². The van der Waals surface area contributed by atoms with E-state index in [2.05, 4.69) is 32.2 Å². The fourth-order valence-corrected chi connectivity index (χ4v) is 5.02. The molecule has 1 unspecified atom stereocenters. The van der Waals surface area contributed by atoms with Gasteiger partial charge in [-0.2, -0.15) is 0 Å². The third-order valence-corrected chi connectivity index (χ3v) is 7.07. The number of hydrogen-bond donors (Lipinski definition) is 3. The molecule has 1 saturated heterocycles. The van der Waals surface area contributed by atoms with E-state index in [1.54, 1.807) is 6.20 Å². The molecule has 4 heterocycles. The number of ether oxygens (including phenoxy) is 1. The first kappa shape index (κ1) is 23.2. The minimum atomic E-state index is -0.212. The highest BCUT2D eigenvalue weighted by Crippen LogP contribution is 2.34. The molecule has 0 saturated carbocycles. The van der Waals surface area contributed by atoms with E-state index in [4.69, 9.17) is 9.72 Å². The first-order valence-electron chi connectivity index (χ1n) is 12.7. The number of anilines is 1. The number of nitrogens with zero attached hydrogens (tertiary/aromatic N) is 3. The van der Waals surface area contributed by atoms with E-state index in [1.165, 1.54) is 0 Å². The lowest BCUT2D eigenvalue weighted by Gasteiger charge is -2.29. The third kappa shape index (κ3) is 4.68. The molecule has 37 heavy (non-hydrogen) atoms. The quantitative estimate of drug-likeness (QED) is 0.303. The zero-order valence-corrected chi connectivity index (χ0v) is 21.0. The average molecular weight is 495 g/mol. The van der Waals surface area contributed by atoms with Gasteiger partial charge in [0.2, 0.25) is 0 Å². The average Bonchev–Trinajstić information content (AvgIpc) is 3.33. The Hall–Kier alpha value is -4.17. The summed E-state index contributed by atoms with van der Waals surface area (Å²) in [7, 11) is 2.14. The van der Waals surface area contributed by atoms with Crippen LogP contribution in [-0.2, 0) is 0 Å². The summed E-state index contributed by atoms with van der Waals surface area (Å²) >= 11 is 0. The lowest BCUT2D eigenvalue weighted by atomic mass is 10.1. The topological polar surface area (TPSA) is 98.9 Å². The Labute approximate surface area is 214 Å². The van der Waals surface area contributed by atoms with Crippen molar-refractivity contribution >= 4 is 27.6 Å². The van der Waals surface area contributed by atoms with Gasteiger partial charge < -0.3 is 24.9 Å². The molecule has 3 N–H and O–H groups in total. The number of H-pyrrole nitrogens is 2. The summed E-state index contributed by atoms with van der Waals surface area (Å²) < 4.78 is 6.27. The molecule has 8 nitrogen and oxygen atoms in total. The van der Waals surface area contributed by atoms with Crippen LogP contribution < -0.4 is 15.6 Å². The number of para-hydroxylation sites is 1. The van der Waals surface area contributed by atoms with Gasteiger partial charge in [-0.1, -0.05) is 24.3 Å². The van der Waals surface area contributed by atoms with Crippen molar-refractivity contribution in [2.45, 2.75) is 31.9 Å². The number of aromatic amines is 2. The number of hydrogen-bond acceptors (Lipinski definition) is 6. The summed E-state index contributed by atoms with van der Waals surface area (Å²) in [5.74, 6) is 1.32. The molecule has 0 amide bonds. The molecule has 0 spiro atoms. The Bertz CT molecular complexity index is 1600. The van der Waals surface area contributed by atoms with E-state index in [9.17, 15) is 4.79 Å². The number of piperidine rings is 1. The van der Waals surface area contributed by atoms with Crippen molar-refractivity contribution in [3.63, 3.8) is 0 Å². The van der Waals surface area contributed by atoms with Crippen LogP contribution in [0.25, 0.3) is 33.3 Å². The number of fused-ring (bicyclic) bond motifs is 2. The van der Waals surface area contributed by atoms with Crippen LogP contribution in [0.2, 0.25) is 0 Å². The van der Waals surface area contributed by atoms with E-state index in [0.717, 1.165) is 65.0 Å². The van der Waals surface area contributed by atoms with Gasteiger partial charge in [-0.3, -0.25) is 9.78 Å². The fourth-order valence-electron chi connectivity index (χ4n) is 5.02. The summed E-state index contributed by atoms with van der Waals surface area (Å²) in [6.45, 7) is 4.12. The van der Waals surface area contributed by atoms with Gasteiger partial charge in [-0.25, -0.2) is 4.98 Å². The summed E-state index contributed by atoms with van der Waals surface area (Å²) in [5.41, 5.74) is 4.24. The highest BCUT2D eigenvalue weighted by Gasteiger charge is 2.21. The Morgan fingerprint density at radius 2 is 1.84 bits per heavy atom. The van der Waals surface area contributed by atoms with Crippen LogP contribution in [0.15, 0.2) is 71.7 Å². The smallest absolute Gasteiger partial charge is 0.261 e. The predicted octanol–water partition coefficient (Wildman–Crippen LogP) is 5.11. The van der Waals surface area contributed by atoms with Crippen molar-refractivity contribution in [1.82, 2.24) is 24.8 Å². The van der Waals surface area contributed by atoms with Gasteiger partial charge in [-0.15, -0.1) is 0 Å². The molecule has 0 radical (unpaired) electrons. The van der Waals surface area contributed by atoms with Crippen LogP contribution in [0.3, 0.4) is 0 Å². The van der Waals surface area contributed by atoms with Crippen molar-refractivity contribution in [2.24, 2.45) is 0 Å². The normalized spacial score (nSPS) is 15.7. The van der Waals surface area contributed by atoms with Crippen LogP contribution in [0.4, 0.5) is 5.69 Å². The van der Waals surface area contributed by atoms with Crippen LogP contribution in [-0.4, -0.2) is 51.1 Å². The van der Waals surface area contributed by atoms with Crippen molar-refractivity contribution in [3.05, 3.63) is 82.9 Å². The van der Waals surface area contributed by atoms with Gasteiger partial charge in [-0.05, 0) is 57.1 Å². The molecule has 1 atom stereocenters. The molecule has 2 aromatic carbocycles. The molecule has 1 aliphatic heterocycles. The summed E-state index contributed by atoms with van der Waals surface area (Å²) in [4.78, 5) is 31.4. The number of nitrogens with one attached hydrogen (secondary N) is 3. The van der Waals surface area contributed by atoms with Gasteiger partial charge >= 0.3 is 0 Å². The van der Waals surface area contributed by atoms with E-state index >= 15 is 0 Å². The van der Waals surface area contributed by atoms with Crippen LogP contribution in [0.5, 0.6) is 5.75 Å². The maximum absolute atomic E-state index is 13.4. The molecule has 6 rings (SSSR count). The van der Waals surface area contributed by atoms with Gasteiger partial charge in [0.15, 0.2) is 0 Å². The minimum absolute atomic E-state index is 0.121. The number of aromatic nitrogens is 4. The van der Waals surface area contributed by atoms with E-state index in [0.29, 0.717) is 11.4 Å². The van der Waals surface area contributed by atoms with Crippen molar-refractivity contribution in [2.75, 3.05) is 25.5 Å². The largest absolute Gasteiger partial charge is 0.490 e. The van der Waals surface area contributed by atoms with Crippen molar-refractivity contribution in [3.8, 4) is 17.1 Å². The molecular weight excluding hydrogens is 464 g/mol. The zero-order chi connectivity index (χ0) is 25.4. The van der Waals surface area contributed by atoms with Crippen LogP contribution in [0, 0.1) is 0 Å². The lowest BCUT2D eigenvalue weighted by Crippen LogP contribution is -2.35. The first-order valence-corrected chi connectivity index (χ1v) is 12.7. The van der Waals surface area contributed by atoms with E-state index < -0.39 is 0 Å². The second kappa shape index (κ2) is 9.71. The highest BCUT2D eigenvalue weighted by atomic mass is 16.5. The molecule has 1 aliphatic rings. The molecule has 3 aromatic heterocycles. The highest BCUT2D eigenvalue weighted by molar-refractivity contribution is 5.99. The standard InChI is InChI=1S/C29H30N6O2/c1-18(22-8-5-6-14-30-22)31-27-21-7-3-4-9-23(21)34-29(36)26(27)28-32-24-11-10-20(17-25(24)33-28)37-19-12-15-35(2)16-13-19/h3-11,14,17-19H,12-13,15-16H2,1-2H3,(H,32,33)(H2,31,34,36). The lowest BCUT2D eigenvalue weighted by molar-refractivity contribution is 0.114. The maximum Gasteiger partial charge on any atom is 0.261 e. The Morgan fingerprint density at radius 3 is 2.65 bits per heavy atom. The number of likely N-dealkylation sites (tertiary alicyclic amines) is 1. The summed E-state index contributed by atoms with van der Waals surface area (Å²) in [6, 6.07) is 19.4. The van der Waals surface area contributed by atoms with Gasteiger partial charge in [0.25, 0.3) is 5.56 Å². The van der Waals surface area contributed by atoms with Crippen molar-refractivity contribution < 1.29 is 4.74 Å². The van der Waals surface area contributed by atoms with Crippen LogP contribution >= 0.6 is 0 Å². The first-order chi connectivity index (χ1) is 18.0. The number of pyridine rings is 2. The number of rotatable bonds is 6. The molecule has 0 aliphatic carbocycles. The second-order valence-corrected chi connectivity index (χ2v) is 9.76. The van der Waals surface area contributed by atoms with Gasteiger partial charge in [0.1, 0.15) is 23.2 Å². The van der Waals surface area contributed by atoms with Crippen molar-refractivity contribution in [1.29, 1.82) is 0 Å². The molecule has 8 heteroatoms. The van der Waals surface area contributed by atoms with Gasteiger partial charge in [0, 0.05) is 30.7 Å². The Kier molecular flexibility index (Phi) is 6.10. The molecule has 1 fully saturated rings.